The quantitative estimate of drug-likeness (QED) is 0.556. The van der Waals surface area contributed by atoms with E-state index in [0.717, 1.165) is 16.6 Å². The molecule has 0 aliphatic carbocycles. The van der Waals surface area contributed by atoms with E-state index < -0.39 is 11.5 Å². The van der Waals surface area contributed by atoms with Gasteiger partial charge in [-0.05, 0) is 50.3 Å². The maximum absolute atomic E-state index is 11.3. The van der Waals surface area contributed by atoms with Crippen LogP contribution in [0.25, 0.3) is 0 Å². The standard InChI is InChI=1S/C14H20BrNO2S/c1-3-14(16-2,13(17)18)8-5-9-19-12-7-4-6-11(15)10-12/h4,6-7,10,16H,3,5,8-9H2,1-2H3,(H,17,18). The highest BCUT2D eigenvalue weighted by molar-refractivity contribution is 9.10. The molecule has 19 heavy (non-hydrogen) atoms. The van der Waals surface area contributed by atoms with Crippen molar-refractivity contribution >= 4 is 33.7 Å². The Morgan fingerprint density at radius 1 is 1.53 bits per heavy atom. The van der Waals surface area contributed by atoms with Gasteiger partial charge in [-0.25, -0.2) is 0 Å². The van der Waals surface area contributed by atoms with Gasteiger partial charge in [0.2, 0.25) is 0 Å². The number of benzene rings is 1. The number of aliphatic carboxylic acids is 1. The number of nitrogens with one attached hydrogen (secondary N) is 1. The fraction of sp³-hybridized carbons (Fsp3) is 0.500. The van der Waals surface area contributed by atoms with Gasteiger partial charge in [0.25, 0.3) is 0 Å². The van der Waals surface area contributed by atoms with E-state index in [4.69, 9.17) is 0 Å². The second kappa shape index (κ2) is 7.92. The predicted octanol–water partition coefficient (Wildman–Crippen LogP) is 3.77. The zero-order chi connectivity index (χ0) is 14.3. The third kappa shape index (κ3) is 4.82. The Hall–Kier alpha value is -0.520. The van der Waals surface area contributed by atoms with E-state index in [0.29, 0.717) is 12.8 Å². The Morgan fingerprint density at radius 3 is 2.79 bits per heavy atom. The number of rotatable bonds is 8. The van der Waals surface area contributed by atoms with Gasteiger partial charge in [0.05, 0.1) is 0 Å². The van der Waals surface area contributed by atoms with Gasteiger partial charge in [0, 0.05) is 9.37 Å². The molecule has 0 aliphatic rings. The molecule has 0 amide bonds. The van der Waals surface area contributed by atoms with Crippen LogP contribution in [-0.4, -0.2) is 29.4 Å². The van der Waals surface area contributed by atoms with Gasteiger partial charge in [0.1, 0.15) is 5.54 Å². The first kappa shape index (κ1) is 16.5. The molecule has 0 radical (unpaired) electrons. The van der Waals surface area contributed by atoms with Gasteiger partial charge >= 0.3 is 5.97 Å². The van der Waals surface area contributed by atoms with Crippen molar-refractivity contribution in [1.82, 2.24) is 5.32 Å². The van der Waals surface area contributed by atoms with Crippen molar-refractivity contribution in [3.05, 3.63) is 28.7 Å². The monoisotopic (exact) mass is 345 g/mol. The van der Waals surface area contributed by atoms with E-state index in [9.17, 15) is 9.90 Å². The number of halogens is 1. The second-order valence-corrected chi connectivity index (χ2v) is 6.48. The van der Waals surface area contributed by atoms with Crippen LogP contribution in [0.5, 0.6) is 0 Å². The third-order valence-electron chi connectivity index (χ3n) is 3.30. The summed E-state index contributed by atoms with van der Waals surface area (Å²) in [4.78, 5) is 12.5. The first-order chi connectivity index (χ1) is 9.04. The molecule has 1 unspecified atom stereocenters. The highest BCUT2D eigenvalue weighted by Gasteiger charge is 2.33. The fourth-order valence-electron chi connectivity index (χ4n) is 1.96. The van der Waals surface area contributed by atoms with Crippen molar-refractivity contribution in [1.29, 1.82) is 0 Å². The highest BCUT2D eigenvalue weighted by Crippen LogP contribution is 2.25. The van der Waals surface area contributed by atoms with Crippen LogP contribution < -0.4 is 5.32 Å². The normalized spacial score (nSPS) is 14.1. The van der Waals surface area contributed by atoms with Crippen LogP contribution in [-0.2, 0) is 4.79 Å². The van der Waals surface area contributed by atoms with Crippen molar-refractivity contribution in [2.24, 2.45) is 0 Å². The zero-order valence-electron chi connectivity index (χ0n) is 11.3. The summed E-state index contributed by atoms with van der Waals surface area (Å²) in [5.41, 5.74) is -0.780. The molecule has 1 rings (SSSR count). The van der Waals surface area contributed by atoms with Crippen LogP contribution in [0.2, 0.25) is 0 Å². The van der Waals surface area contributed by atoms with Crippen molar-refractivity contribution < 1.29 is 9.90 Å². The number of carboxylic acids is 1. The smallest absolute Gasteiger partial charge is 0.323 e. The van der Waals surface area contributed by atoms with E-state index in [1.807, 2.05) is 19.1 Å². The van der Waals surface area contributed by atoms with Gasteiger partial charge < -0.3 is 10.4 Å². The van der Waals surface area contributed by atoms with Gasteiger partial charge in [-0.3, -0.25) is 4.79 Å². The molecule has 3 nitrogen and oxygen atoms in total. The minimum atomic E-state index is -0.780. The Balaban J connectivity index is 2.43. The largest absolute Gasteiger partial charge is 0.480 e. The molecule has 0 aromatic heterocycles. The first-order valence-corrected chi connectivity index (χ1v) is 8.12. The van der Waals surface area contributed by atoms with Crippen LogP contribution in [0, 0.1) is 0 Å². The summed E-state index contributed by atoms with van der Waals surface area (Å²) >= 11 is 5.20. The molecule has 5 heteroatoms. The Morgan fingerprint density at radius 2 is 2.26 bits per heavy atom. The van der Waals surface area contributed by atoms with Crippen molar-refractivity contribution in [3.8, 4) is 0 Å². The summed E-state index contributed by atoms with van der Waals surface area (Å²) in [6.07, 6.45) is 2.12. The SMILES string of the molecule is CCC(CCCSc1cccc(Br)c1)(NC)C(=O)O. The van der Waals surface area contributed by atoms with Crippen LogP contribution in [0.3, 0.4) is 0 Å². The lowest BCUT2D eigenvalue weighted by atomic mass is 9.91. The molecular formula is C14H20BrNO2S. The van der Waals surface area contributed by atoms with Gasteiger partial charge in [-0.2, -0.15) is 0 Å². The molecule has 0 saturated heterocycles. The Kier molecular flexibility index (Phi) is 6.89. The lowest BCUT2D eigenvalue weighted by Gasteiger charge is -2.27. The molecule has 2 N–H and O–H groups in total. The number of carboxylic acid groups (broad SMARTS) is 1. The second-order valence-electron chi connectivity index (χ2n) is 4.40. The van der Waals surface area contributed by atoms with Crippen LogP contribution in [0.1, 0.15) is 26.2 Å². The van der Waals surface area contributed by atoms with Crippen LogP contribution in [0.15, 0.2) is 33.6 Å². The average molecular weight is 346 g/mol. The molecule has 1 atom stereocenters. The highest BCUT2D eigenvalue weighted by atomic mass is 79.9. The van der Waals surface area contributed by atoms with Gasteiger partial charge in [-0.15, -0.1) is 11.8 Å². The number of hydrogen-bond donors (Lipinski definition) is 2. The van der Waals surface area contributed by atoms with E-state index in [-0.39, 0.29) is 0 Å². The maximum atomic E-state index is 11.3. The Labute approximate surface area is 127 Å². The van der Waals surface area contributed by atoms with E-state index in [2.05, 4.69) is 33.4 Å². The topological polar surface area (TPSA) is 49.3 Å². The molecule has 1 aromatic carbocycles. The van der Waals surface area contributed by atoms with Crippen molar-refractivity contribution in [3.63, 3.8) is 0 Å². The van der Waals surface area contributed by atoms with Gasteiger partial charge in [0.15, 0.2) is 0 Å². The fourth-order valence-corrected chi connectivity index (χ4v) is 3.42. The summed E-state index contributed by atoms with van der Waals surface area (Å²) in [6.45, 7) is 1.91. The Bertz CT molecular complexity index is 422. The van der Waals surface area contributed by atoms with E-state index in [1.165, 1.54) is 4.90 Å². The van der Waals surface area contributed by atoms with Crippen LogP contribution in [0.4, 0.5) is 0 Å². The molecule has 0 aliphatic heterocycles. The average Bonchev–Trinajstić information content (AvgIpc) is 2.39. The summed E-state index contributed by atoms with van der Waals surface area (Å²) in [5.74, 6) is 0.164. The number of carbonyl (C=O) groups is 1. The minimum absolute atomic E-state index is 0.598. The molecule has 0 heterocycles. The first-order valence-electron chi connectivity index (χ1n) is 6.35. The third-order valence-corrected chi connectivity index (χ3v) is 4.88. The summed E-state index contributed by atoms with van der Waals surface area (Å²) in [6, 6.07) is 8.15. The van der Waals surface area contributed by atoms with Crippen LogP contribution >= 0.6 is 27.7 Å². The van der Waals surface area contributed by atoms with E-state index >= 15 is 0 Å². The summed E-state index contributed by atoms with van der Waals surface area (Å²) in [7, 11) is 1.72. The lowest BCUT2D eigenvalue weighted by Crippen LogP contribution is -2.49. The minimum Gasteiger partial charge on any atom is -0.480 e. The van der Waals surface area contributed by atoms with Crippen molar-refractivity contribution in [2.75, 3.05) is 12.8 Å². The number of hydrogen-bond acceptors (Lipinski definition) is 3. The molecule has 0 saturated carbocycles. The molecule has 0 fully saturated rings. The molecule has 0 bridgehead atoms. The predicted molar refractivity (Wildman–Crippen MR) is 83.8 cm³/mol. The summed E-state index contributed by atoms with van der Waals surface area (Å²) < 4.78 is 1.07. The number of likely N-dealkylation sites (N-methyl/N-ethyl adjacent to an activating group) is 1. The van der Waals surface area contributed by atoms with Gasteiger partial charge in [-0.1, -0.05) is 28.9 Å². The van der Waals surface area contributed by atoms with Crippen molar-refractivity contribution in [2.45, 2.75) is 36.6 Å². The molecule has 0 spiro atoms. The molecule has 106 valence electrons. The number of thioether (sulfide) groups is 1. The summed E-state index contributed by atoms with van der Waals surface area (Å²) in [5, 5.41) is 12.3. The molecule has 1 aromatic rings. The lowest BCUT2D eigenvalue weighted by molar-refractivity contribution is -0.145. The zero-order valence-corrected chi connectivity index (χ0v) is 13.7. The van der Waals surface area contributed by atoms with E-state index in [1.54, 1.807) is 18.8 Å². The maximum Gasteiger partial charge on any atom is 0.323 e. The molecular weight excluding hydrogens is 326 g/mol.